The zero-order valence-electron chi connectivity index (χ0n) is 13.4. The molecule has 0 aliphatic carbocycles. The van der Waals surface area contributed by atoms with E-state index in [2.05, 4.69) is 59.7 Å². The van der Waals surface area contributed by atoms with Crippen molar-refractivity contribution >= 4 is 28.3 Å². The molecule has 120 valence electrons. The second-order valence-electron chi connectivity index (χ2n) is 5.45. The molecule has 0 fully saturated rings. The third-order valence-electron chi connectivity index (χ3n) is 3.67. The Balaban J connectivity index is 1.67. The fourth-order valence-corrected chi connectivity index (χ4v) is 3.41. The minimum absolute atomic E-state index is 0.714. The average Bonchev–Trinajstić information content (AvgIpc) is 2.62. The van der Waals surface area contributed by atoms with Gasteiger partial charge < -0.3 is 5.32 Å². The summed E-state index contributed by atoms with van der Waals surface area (Å²) in [5, 5.41) is 3.31. The SMILES string of the molecule is Cc1ccc(CNC(=S)Sc2cccnc2)cc1-c1ccccc1. The maximum Gasteiger partial charge on any atom is 0.138 e. The molecule has 1 heterocycles. The highest BCUT2D eigenvalue weighted by Gasteiger charge is 2.05. The Hall–Kier alpha value is -2.17. The molecular weight excluding hydrogens is 332 g/mol. The highest BCUT2D eigenvalue weighted by atomic mass is 32.2. The standard InChI is InChI=1S/C20H18N2S2/c1-15-9-10-16(12-19(15)17-6-3-2-4-7-17)13-22-20(23)24-18-8-5-11-21-14-18/h2-12,14H,13H2,1H3,(H,22,23). The number of nitrogens with one attached hydrogen (secondary N) is 1. The van der Waals surface area contributed by atoms with E-state index >= 15 is 0 Å². The normalized spacial score (nSPS) is 10.4. The van der Waals surface area contributed by atoms with Crippen LogP contribution in [0.25, 0.3) is 11.1 Å². The molecule has 1 N–H and O–H groups in total. The Morgan fingerprint density at radius 2 is 1.92 bits per heavy atom. The van der Waals surface area contributed by atoms with Gasteiger partial charge in [-0.15, -0.1) is 0 Å². The molecule has 24 heavy (non-hydrogen) atoms. The molecule has 0 unspecified atom stereocenters. The molecule has 0 saturated carbocycles. The molecule has 0 atom stereocenters. The molecule has 0 aliphatic rings. The summed E-state index contributed by atoms with van der Waals surface area (Å²) >= 11 is 6.94. The van der Waals surface area contributed by atoms with Gasteiger partial charge in [-0.1, -0.05) is 66.4 Å². The summed E-state index contributed by atoms with van der Waals surface area (Å²) in [6, 6.07) is 20.9. The Labute approximate surface area is 152 Å². The van der Waals surface area contributed by atoms with Gasteiger partial charge in [0.25, 0.3) is 0 Å². The minimum atomic E-state index is 0.714. The number of thiocarbonyl (C=S) groups is 1. The van der Waals surface area contributed by atoms with Crippen molar-refractivity contribution in [2.75, 3.05) is 0 Å². The van der Waals surface area contributed by atoms with Gasteiger partial charge in [0.1, 0.15) is 4.32 Å². The van der Waals surface area contributed by atoms with Crippen LogP contribution in [0.3, 0.4) is 0 Å². The summed E-state index contributed by atoms with van der Waals surface area (Å²) in [5.41, 5.74) is 5.00. The third-order valence-corrected chi connectivity index (χ3v) is 4.87. The van der Waals surface area contributed by atoms with Crippen molar-refractivity contribution in [3.8, 4) is 11.1 Å². The van der Waals surface area contributed by atoms with E-state index in [0.717, 1.165) is 9.22 Å². The summed E-state index contributed by atoms with van der Waals surface area (Å²) in [6.07, 6.45) is 3.58. The number of hydrogen-bond acceptors (Lipinski definition) is 3. The summed E-state index contributed by atoms with van der Waals surface area (Å²) in [5.74, 6) is 0. The van der Waals surface area contributed by atoms with Crippen molar-refractivity contribution in [3.05, 3.63) is 84.2 Å². The molecule has 0 spiro atoms. The summed E-state index contributed by atoms with van der Waals surface area (Å²) in [7, 11) is 0. The van der Waals surface area contributed by atoms with Crippen molar-refractivity contribution in [2.24, 2.45) is 0 Å². The molecule has 0 bridgehead atoms. The monoisotopic (exact) mass is 350 g/mol. The zero-order chi connectivity index (χ0) is 16.8. The number of benzene rings is 2. The Bertz CT molecular complexity index is 818. The maximum atomic E-state index is 5.41. The van der Waals surface area contributed by atoms with E-state index in [4.69, 9.17) is 12.2 Å². The summed E-state index contributed by atoms with van der Waals surface area (Å²) in [6.45, 7) is 2.86. The molecule has 0 amide bonds. The zero-order valence-corrected chi connectivity index (χ0v) is 15.0. The summed E-state index contributed by atoms with van der Waals surface area (Å²) < 4.78 is 0.754. The number of pyridine rings is 1. The first-order valence-corrected chi connectivity index (χ1v) is 8.95. The number of thioether (sulfide) groups is 1. The topological polar surface area (TPSA) is 24.9 Å². The first kappa shape index (κ1) is 16.7. The fraction of sp³-hybridized carbons (Fsp3) is 0.100. The molecular formula is C20H18N2S2. The number of rotatable bonds is 4. The lowest BCUT2D eigenvalue weighted by Crippen LogP contribution is -2.17. The Kier molecular flexibility index (Phi) is 5.62. The van der Waals surface area contributed by atoms with Crippen LogP contribution in [-0.2, 0) is 6.54 Å². The van der Waals surface area contributed by atoms with E-state index in [1.165, 1.54) is 34.0 Å². The Morgan fingerprint density at radius 1 is 1.08 bits per heavy atom. The van der Waals surface area contributed by atoms with Crippen LogP contribution in [0.2, 0.25) is 0 Å². The number of hydrogen-bond donors (Lipinski definition) is 1. The smallest absolute Gasteiger partial charge is 0.138 e. The van der Waals surface area contributed by atoms with Crippen LogP contribution in [-0.4, -0.2) is 9.30 Å². The van der Waals surface area contributed by atoms with Crippen LogP contribution < -0.4 is 5.32 Å². The molecule has 4 heteroatoms. The number of nitrogens with zero attached hydrogens (tertiary/aromatic N) is 1. The van der Waals surface area contributed by atoms with Crippen LogP contribution in [0, 0.1) is 6.92 Å². The van der Waals surface area contributed by atoms with E-state index in [0.29, 0.717) is 6.54 Å². The second-order valence-corrected chi connectivity index (χ2v) is 7.20. The Morgan fingerprint density at radius 3 is 2.67 bits per heavy atom. The first-order valence-electron chi connectivity index (χ1n) is 7.73. The molecule has 1 aromatic heterocycles. The predicted octanol–water partition coefficient (Wildman–Crippen LogP) is 5.22. The van der Waals surface area contributed by atoms with Gasteiger partial charge in [-0.3, -0.25) is 4.98 Å². The molecule has 0 radical (unpaired) electrons. The molecule has 0 saturated heterocycles. The number of aryl methyl sites for hydroxylation is 1. The molecule has 3 rings (SSSR count). The van der Waals surface area contributed by atoms with Crippen molar-refractivity contribution in [2.45, 2.75) is 18.4 Å². The van der Waals surface area contributed by atoms with Gasteiger partial charge in [0, 0.05) is 23.8 Å². The third kappa shape index (κ3) is 4.43. The van der Waals surface area contributed by atoms with E-state index in [1.54, 1.807) is 6.20 Å². The number of aromatic nitrogens is 1. The molecule has 2 aromatic carbocycles. The van der Waals surface area contributed by atoms with Crippen LogP contribution >= 0.6 is 24.0 Å². The van der Waals surface area contributed by atoms with E-state index in [9.17, 15) is 0 Å². The lowest BCUT2D eigenvalue weighted by atomic mass is 9.98. The van der Waals surface area contributed by atoms with E-state index < -0.39 is 0 Å². The lowest BCUT2D eigenvalue weighted by Gasteiger charge is -2.11. The van der Waals surface area contributed by atoms with Crippen molar-refractivity contribution in [1.82, 2.24) is 10.3 Å². The largest absolute Gasteiger partial charge is 0.367 e. The van der Waals surface area contributed by atoms with Gasteiger partial charge in [0.15, 0.2) is 0 Å². The van der Waals surface area contributed by atoms with Crippen LogP contribution in [0.4, 0.5) is 0 Å². The van der Waals surface area contributed by atoms with Gasteiger partial charge >= 0.3 is 0 Å². The highest BCUT2D eigenvalue weighted by Crippen LogP contribution is 2.24. The summed E-state index contributed by atoms with van der Waals surface area (Å²) in [4.78, 5) is 5.15. The minimum Gasteiger partial charge on any atom is -0.367 e. The van der Waals surface area contributed by atoms with Crippen molar-refractivity contribution < 1.29 is 0 Å². The molecule has 2 nitrogen and oxygen atoms in total. The second kappa shape index (κ2) is 8.08. The molecule has 0 aliphatic heterocycles. The van der Waals surface area contributed by atoms with E-state index in [1.807, 2.05) is 24.4 Å². The lowest BCUT2D eigenvalue weighted by molar-refractivity contribution is 0.939. The average molecular weight is 351 g/mol. The van der Waals surface area contributed by atoms with Gasteiger partial charge in [0.05, 0.1) is 0 Å². The van der Waals surface area contributed by atoms with Gasteiger partial charge in [-0.2, -0.15) is 0 Å². The fourth-order valence-electron chi connectivity index (χ4n) is 2.43. The maximum absolute atomic E-state index is 5.41. The highest BCUT2D eigenvalue weighted by molar-refractivity contribution is 8.23. The van der Waals surface area contributed by atoms with Gasteiger partial charge in [0.2, 0.25) is 0 Å². The van der Waals surface area contributed by atoms with Gasteiger partial charge in [-0.25, -0.2) is 0 Å². The van der Waals surface area contributed by atoms with Crippen LogP contribution in [0.1, 0.15) is 11.1 Å². The molecule has 3 aromatic rings. The van der Waals surface area contributed by atoms with Crippen LogP contribution in [0.5, 0.6) is 0 Å². The van der Waals surface area contributed by atoms with Crippen LogP contribution in [0.15, 0.2) is 78.0 Å². The quantitative estimate of drug-likeness (QED) is 0.515. The first-order chi connectivity index (χ1) is 11.7. The van der Waals surface area contributed by atoms with E-state index in [-0.39, 0.29) is 0 Å². The van der Waals surface area contributed by atoms with Crippen molar-refractivity contribution in [1.29, 1.82) is 0 Å². The predicted molar refractivity (Wildman–Crippen MR) is 106 cm³/mol. The van der Waals surface area contributed by atoms with Crippen molar-refractivity contribution in [3.63, 3.8) is 0 Å². The van der Waals surface area contributed by atoms with Gasteiger partial charge in [-0.05, 0) is 47.4 Å².